The standard InChI is InChI=1S/C25H32N2O5/c1-16(2)13-20(24(28)32-5)26-25(29)27-12-11-18-14-21(30-3)22(31-4)15-19(18)23(27)17-9-7-6-8-10-17/h6-10,14-16,20,23H,11-13H2,1-5H3,(H,26,29)/t20-,23+/m0/s1. The first-order valence-electron chi connectivity index (χ1n) is 10.8. The summed E-state index contributed by atoms with van der Waals surface area (Å²) in [5.74, 6) is 1.07. The quantitative estimate of drug-likeness (QED) is 0.660. The number of carbonyl (C=O) groups is 2. The van der Waals surface area contributed by atoms with E-state index in [-0.39, 0.29) is 18.0 Å². The highest BCUT2D eigenvalue weighted by Crippen LogP contribution is 2.41. The second kappa shape index (κ2) is 10.4. The molecule has 1 N–H and O–H groups in total. The molecule has 1 aliphatic rings. The van der Waals surface area contributed by atoms with Crippen molar-refractivity contribution in [1.29, 1.82) is 0 Å². The maximum Gasteiger partial charge on any atom is 0.328 e. The Hall–Kier alpha value is -3.22. The molecule has 2 atom stereocenters. The summed E-state index contributed by atoms with van der Waals surface area (Å²) in [7, 11) is 4.55. The summed E-state index contributed by atoms with van der Waals surface area (Å²) in [4.78, 5) is 27.5. The van der Waals surface area contributed by atoms with Gasteiger partial charge in [0.25, 0.3) is 0 Å². The van der Waals surface area contributed by atoms with Crippen LogP contribution in [0, 0.1) is 5.92 Å². The SMILES string of the molecule is COC(=O)[C@H](CC(C)C)NC(=O)N1CCc2cc(OC)c(OC)cc2[C@H]1c1ccccc1. The van der Waals surface area contributed by atoms with Crippen LogP contribution in [0.4, 0.5) is 4.79 Å². The molecule has 1 aliphatic heterocycles. The molecular formula is C25H32N2O5. The number of esters is 1. The average molecular weight is 441 g/mol. The molecule has 2 aromatic rings. The van der Waals surface area contributed by atoms with Crippen LogP contribution in [0.15, 0.2) is 42.5 Å². The zero-order chi connectivity index (χ0) is 23.3. The Morgan fingerprint density at radius 2 is 1.72 bits per heavy atom. The van der Waals surface area contributed by atoms with Crippen LogP contribution in [0.5, 0.6) is 11.5 Å². The molecule has 0 saturated heterocycles. The summed E-state index contributed by atoms with van der Waals surface area (Å²) in [5, 5.41) is 2.91. The van der Waals surface area contributed by atoms with E-state index >= 15 is 0 Å². The number of urea groups is 1. The second-order valence-corrected chi connectivity index (χ2v) is 8.32. The Labute approximate surface area is 189 Å². The van der Waals surface area contributed by atoms with Gasteiger partial charge in [0.15, 0.2) is 11.5 Å². The molecule has 0 fully saturated rings. The fourth-order valence-corrected chi connectivity index (χ4v) is 4.22. The fourth-order valence-electron chi connectivity index (χ4n) is 4.22. The van der Waals surface area contributed by atoms with E-state index in [2.05, 4.69) is 5.32 Å². The van der Waals surface area contributed by atoms with Crippen LogP contribution >= 0.6 is 0 Å². The van der Waals surface area contributed by atoms with E-state index in [1.54, 1.807) is 19.1 Å². The molecule has 7 nitrogen and oxygen atoms in total. The number of methoxy groups -OCH3 is 3. The van der Waals surface area contributed by atoms with Crippen molar-refractivity contribution in [2.45, 2.75) is 38.8 Å². The molecule has 1 heterocycles. The fraction of sp³-hybridized carbons (Fsp3) is 0.440. The van der Waals surface area contributed by atoms with E-state index in [9.17, 15) is 9.59 Å². The van der Waals surface area contributed by atoms with Gasteiger partial charge in [0, 0.05) is 6.54 Å². The largest absolute Gasteiger partial charge is 0.493 e. The van der Waals surface area contributed by atoms with Crippen molar-refractivity contribution in [3.05, 3.63) is 59.2 Å². The lowest BCUT2D eigenvalue weighted by Gasteiger charge is -2.38. The minimum Gasteiger partial charge on any atom is -0.493 e. The van der Waals surface area contributed by atoms with Crippen LogP contribution in [-0.2, 0) is 16.0 Å². The molecule has 0 spiro atoms. The van der Waals surface area contributed by atoms with E-state index in [0.29, 0.717) is 30.9 Å². The third kappa shape index (κ3) is 4.98. The minimum atomic E-state index is -0.698. The summed E-state index contributed by atoms with van der Waals surface area (Å²) in [5.41, 5.74) is 3.07. The first-order chi connectivity index (χ1) is 15.4. The van der Waals surface area contributed by atoms with Crippen LogP contribution in [0.3, 0.4) is 0 Å². The Morgan fingerprint density at radius 1 is 1.06 bits per heavy atom. The molecule has 7 heteroatoms. The summed E-state index contributed by atoms with van der Waals surface area (Å²) >= 11 is 0. The van der Waals surface area contributed by atoms with Gasteiger partial charge < -0.3 is 24.4 Å². The van der Waals surface area contributed by atoms with Crippen molar-refractivity contribution in [3.63, 3.8) is 0 Å². The van der Waals surface area contributed by atoms with E-state index in [1.807, 2.05) is 56.3 Å². The average Bonchev–Trinajstić information content (AvgIpc) is 2.81. The van der Waals surface area contributed by atoms with Gasteiger partial charge in [-0.15, -0.1) is 0 Å². The first-order valence-corrected chi connectivity index (χ1v) is 10.8. The van der Waals surface area contributed by atoms with Crippen molar-refractivity contribution in [2.75, 3.05) is 27.9 Å². The smallest absolute Gasteiger partial charge is 0.328 e. The molecule has 0 saturated carbocycles. The normalized spacial score (nSPS) is 16.2. The predicted molar refractivity (Wildman–Crippen MR) is 122 cm³/mol. The number of amides is 2. The maximum atomic E-state index is 13.4. The summed E-state index contributed by atoms with van der Waals surface area (Å²) in [6.45, 7) is 4.51. The van der Waals surface area contributed by atoms with Gasteiger partial charge in [0.1, 0.15) is 6.04 Å². The lowest BCUT2D eigenvalue weighted by atomic mass is 9.88. The number of benzene rings is 2. The monoisotopic (exact) mass is 440 g/mol. The van der Waals surface area contributed by atoms with Gasteiger partial charge in [-0.2, -0.15) is 0 Å². The van der Waals surface area contributed by atoms with Crippen LogP contribution in [0.2, 0.25) is 0 Å². The highest BCUT2D eigenvalue weighted by molar-refractivity contribution is 5.84. The van der Waals surface area contributed by atoms with Crippen LogP contribution < -0.4 is 14.8 Å². The number of carbonyl (C=O) groups excluding carboxylic acids is 2. The van der Waals surface area contributed by atoms with E-state index in [1.165, 1.54) is 7.11 Å². The molecule has 0 bridgehead atoms. The molecule has 0 radical (unpaired) electrons. The van der Waals surface area contributed by atoms with Crippen molar-refractivity contribution in [2.24, 2.45) is 5.92 Å². The van der Waals surface area contributed by atoms with E-state index in [4.69, 9.17) is 14.2 Å². The van der Waals surface area contributed by atoms with Crippen molar-refractivity contribution >= 4 is 12.0 Å². The topological polar surface area (TPSA) is 77.1 Å². The summed E-state index contributed by atoms with van der Waals surface area (Å²) < 4.78 is 15.9. The number of fused-ring (bicyclic) bond motifs is 1. The van der Waals surface area contributed by atoms with Gasteiger partial charge in [-0.3, -0.25) is 0 Å². The second-order valence-electron chi connectivity index (χ2n) is 8.32. The highest BCUT2D eigenvalue weighted by atomic mass is 16.5. The Kier molecular flexibility index (Phi) is 7.62. The summed E-state index contributed by atoms with van der Waals surface area (Å²) in [6, 6.07) is 12.5. The number of rotatable bonds is 7. The number of ether oxygens (including phenoxy) is 3. The molecule has 0 aliphatic carbocycles. The van der Waals surface area contributed by atoms with E-state index in [0.717, 1.165) is 16.7 Å². The van der Waals surface area contributed by atoms with Gasteiger partial charge in [-0.25, -0.2) is 9.59 Å². The van der Waals surface area contributed by atoms with Crippen LogP contribution in [0.1, 0.15) is 43.0 Å². The lowest BCUT2D eigenvalue weighted by Crippen LogP contribution is -2.51. The summed E-state index contributed by atoms with van der Waals surface area (Å²) in [6.07, 6.45) is 1.17. The zero-order valence-electron chi connectivity index (χ0n) is 19.4. The van der Waals surface area contributed by atoms with E-state index < -0.39 is 12.0 Å². The molecule has 0 unspecified atom stereocenters. The maximum absolute atomic E-state index is 13.4. The Balaban J connectivity index is 2.00. The van der Waals surface area contributed by atoms with Crippen LogP contribution in [0.25, 0.3) is 0 Å². The molecular weight excluding hydrogens is 408 g/mol. The first kappa shape index (κ1) is 23.4. The Bertz CT molecular complexity index is 945. The van der Waals surface area contributed by atoms with Crippen molar-refractivity contribution in [3.8, 4) is 11.5 Å². The third-order valence-electron chi connectivity index (χ3n) is 5.74. The molecule has 2 aromatic carbocycles. The van der Waals surface area contributed by atoms with Gasteiger partial charge in [-0.1, -0.05) is 44.2 Å². The highest BCUT2D eigenvalue weighted by Gasteiger charge is 2.35. The Morgan fingerprint density at radius 3 is 2.31 bits per heavy atom. The minimum absolute atomic E-state index is 0.225. The van der Waals surface area contributed by atoms with Gasteiger partial charge in [0.05, 0.1) is 27.4 Å². The predicted octanol–water partition coefficient (Wildman–Crippen LogP) is 3.95. The molecule has 32 heavy (non-hydrogen) atoms. The molecule has 172 valence electrons. The molecule has 3 rings (SSSR count). The van der Waals surface area contributed by atoms with Crippen LogP contribution in [-0.4, -0.2) is 50.8 Å². The van der Waals surface area contributed by atoms with Crippen molar-refractivity contribution < 1.29 is 23.8 Å². The zero-order valence-corrected chi connectivity index (χ0v) is 19.4. The third-order valence-corrected chi connectivity index (χ3v) is 5.74. The van der Waals surface area contributed by atoms with Gasteiger partial charge >= 0.3 is 12.0 Å². The lowest BCUT2D eigenvalue weighted by molar-refractivity contribution is -0.143. The number of hydrogen-bond donors (Lipinski definition) is 1. The molecule has 2 amide bonds. The number of nitrogens with one attached hydrogen (secondary N) is 1. The van der Waals surface area contributed by atoms with Gasteiger partial charge in [0.2, 0.25) is 0 Å². The molecule has 0 aromatic heterocycles. The number of hydrogen-bond acceptors (Lipinski definition) is 5. The van der Waals surface area contributed by atoms with Gasteiger partial charge in [-0.05, 0) is 47.6 Å². The number of nitrogens with zero attached hydrogens (tertiary/aromatic N) is 1. The van der Waals surface area contributed by atoms with Crippen molar-refractivity contribution in [1.82, 2.24) is 10.2 Å².